The van der Waals surface area contributed by atoms with Crippen molar-refractivity contribution >= 4 is 0 Å². The summed E-state index contributed by atoms with van der Waals surface area (Å²) in [7, 11) is 0. The van der Waals surface area contributed by atoms with Gasteiger partial charge in [0.05, 0.1) is 6.61 Å². The van der Waals surface area contributed by atoms with Crippen LogP contribution in [0.3, 0.4) is 0 Å². The van der Waals surface area contributed by atoms with Gasteiger partial charge < -0.3 is 4.74 Å². The third-order valence-electron chi connectivity index (χ3n) is 2.34. The molecule has 0 radical (unpaired) electrons. The van der Waals surface area contributed by atoms with Crippen LogP contribution in [0, 0.1) is 5.82 Å². The molecule has 0 unspecified atom stereocenters. The Hall–Kier alpha value is -1.83. The van der Waals surface area contributed by atoms with Crippen molar-refractivity contribution in [2.24, 2.45) is 0 Å². The summed E-state index contributed by atoms with van der Waals surface area (Å²) in [5.74, 6) is -0.00890. The predicted molar refractivity (Wildman–Crippen MR) is 63.0 cm³/mol. The van der Waals surface area contributed by atoms with Crippen molar-refractivity contribution in [2.75, 3.05) is 6.61 Å². The molecule has 0 saturated heterocycles. The Labute approximate surface area is 94.5 Å². The normalized spacial score (nSPS) is 10.1. The van der Waals surface area contributed by atoms with Crippen molar-refractivity contribution in [1.29, 1.82) is 0 Å². The number of rotatable bonds is 3. The fraction of sp³-hybridized carbons (Fsp3) is 0.143. The van der Waals surface area contributed by atoms with Crippen molar-refractivity contribution in [3.05, 3.63) is 54.3 Å². The number of ether oxygens (including phenoxy) is 1. The largest absolute Gasteiger partial charge is 0.491 e. The second kappa shape index (κ2) is 4.79. The highest BCUT2D eigenvalue weighted by Crippen LogP contribution is 2.25. The van der Waals surface area contributed by atoms with Crippen LogP contribution in [0.4, 0.5) is 4.39 Å². The Morgan fingerprint density at radius 3 is 2.38 bits per heavy atom. The maximum absolute atomic E-state index is 13.6. The molecular formula is C14H13FO. The van der Waals surface area contributed by atoms with E-state index in [0.717, 1.165) is 11.1 Å². The van der Waals surface area contributed by atoms with Crippen LogP contribution < -0.4 is 4.74 Å². The molecule has 0 saturated carbocycles. The van der Waals surface area contributed by atoms with E-state index in [1.54, 1.807) is 6.07 Å². The molecule has 2 heteroatoms. The van der Waals surface area contributed by atoms with E-state index >= 15 is 0 Å². The molecule has 0 aliphatic carbocycles. The number of hydrogen-bond donors (Lipinski definition) is 0. The zero-order valence-corrected chi connectivity index (χ0v) is 9.11. The molecule has 0 fully saturated rings. The van der Waals surface area contributed by atoms with Crippen LogP contribution in [-0.2, 0) is 0 Å². The first-order valence-corrected chi connectivity index (χ1v) is 5.29. The molecule has 2 rings (SSSR count). The van der Waals surface area contributed by atoms with E-state index in [-0.39, 0.29) is 5.82 Å². The van der Waals surface area contributed by atoms with Gasteiger partial charge in [0.1, 0.15) is 0 Å². The smallest absolute Gasteiger partial charge is 0.165 e. The molecule has 16 heavy (non-hydrogen) atoms. The van der Waals surface area contributed by atoms with Gasteiger partial charge in [-0.2, -0.15) is 0 Å². The molecule has 0 amide bonds. The van der Waals surface area contributed by atoms with Crippen molar-refractivity contribution in [1.82, 2.24) is 0 Å². The molecule has 0 N–H and O–H groups in total. The first-order valence-electron chi connectivity index (χ1n) is 5.29. The zero-order chi connectivity index (χ0) is 11.4. The molecule has 0 aliphatic rings. The van der Waals surface area contributed by atoms with Crippen LogP contribution >= 0.6 is 0 Å². The fourth-order valence-electron chi connectivity index (χ4n) is 1.58. The topological polar surface area (TPSA) is 9.23 Å². The Morgan fingerprint density at radius 2 is 1.75 bits per heavy atom. The zero-order valence-electron chi connectivity index (χ0n) is 9.11. The summed E-state index contributed by atoms with van der Waals surface area (Å²) >= 11 is 0. The van der Waals surface area contributed by atoms with E-state index in [0.29, 0.717) is 12.4 Å². The van der Waals surface area contributed by atoms with E-state index < -0.39 is 0 Å². The quantitative estimate of drug-likeness (QED) is 0.756. The van der Waals surface area contributed by atoms with Crippen LogP contribution in [-0.4, -0.2) is 6.61 Å². The molecule has 1 nitrogen and oxygen atoms in total. The third kappa shape index (κ3) is 2.22. The average molecular weight is 216 g/mol. The number of halogens is 1. The molecule has 0 bridgehead atoms. The lowest BCUT2D eigenvalue weighted by atomic mass is 10.1. The van der Waals surface area contributed by atoms with Gasteiger partial charge in [-0.1, -0.05) is 36.4 Å². The van der Waals surface area contributed by atoms with Crippen molar-refractivity contribution in [3.63, 3.8) is 0 Å². The van der Waals surface area contributed by atoms with Gasteiger partial charge in [-0.05, 0) is 30.2 Å². The maximum Gasteiger partial charge on any atom is 0.165 e. The summed E-state index contributed by atoms with van der Waals surface area (Å²) in [4.78, 5) is 0. The van der Waals surface area contributed by atoms with E-state index in [1.165, 1.54) is 6.07 Å². The lowest BCUT2D eigenvalue weighted by molar-refractivity contribution is 0.321. The average Bonchev–Trinajstić information content (AvgIpc) is 2.33. The summed E-state index contributed by atoms with van der Waals surface area (Å²) in [6, 6.07) is 14.7. The summed E-state index contributed by atoms with van der Waals surface area (Å²) in [5, 5.41) is 0. The van der Waals surface area contributed by atoms with E-state index in [2.05, 4.69) is 0 Å². The number of benzene rings is 2. The van der Waals surface area contributed by atoms with Gasteiger partial charge >= 0.3 is 0 Å². The molecule has 0 aliphatic heterocycles. The van der Waals surface area contributed by atoms with Gasteiger partial charge in [0.2, 0.25) is 0 Å². The second-order valence-corrected chi connectivity index (χ2v) is 3.44. The van der Waals surface area contributed by atoms with Gasteiger partial charge in [-0.3, -0.25) is 0 Å². The summed E-state index contributed by atoms with van der Waals surface area (Å²) < 4.78 is 18.8. The summed E-state index contributed by atoms with van der Waals surface area (Å²) in [5.41, 5.74) is 1.87. The highest BCUT2D eigenvalue weighted by Gasteiger charge is 2.04. The van der Waals surface area contributed by atoms with Crippen molar-refractivity contribution in [3.8, 4) is 16.9 Å². The van der Waals surface area contributed by atoms with Gasteiger partial charge in [-0.25, -0.2) is 4.39 Å². The number of hydrogen-bond acceptors (Lipinski definition) is 1. The van der Waals surface area contributed by atoms with Gasteiger partial charge in [0.15, 0.2) is 11.6 Å². The SMILES string of the molecule is CCOc1ccc(-c2ccccc2)cc1F. The monoisotopic (exact) mass is 216 g/mol. The van der Waals surface area contributed by atoms with E-state index in [9.17, 15) is 4.39 Å². The molecule has 0 heterocycles. The molecule has 0 spiro atoms. The van der Waals surface area contributed by atoms with Gasteiger partial charge in [0, 0.05) is 0 Å². The highest BCUT2D eigenvalue weighted by atomic mass is 19.1. The lowest BCUT2D eigenvalue weighted by Crippen LogP contribution is -1.94. The van der Waals surface area contributed by atoms with Crippen LogP contribution in [0.1, 0.15) is 6.92 Å². The Balaban J connectivity index is 2.35. The van der Waals surface area contributed by atoms with Crippen molar-refractivity contribution < 1.29 is 9.13 Å². The molecule has 82 valence electrons. The molecular weight excluding hydrogens is 203 g/mol. The summed E-state index contributed by atoms with van der Waals surface area (Å²) in [6.07, 6.45) is 0. The van der Waals surface area contributed by atoms with Crippen LogP contribution in [0.15, 0.2) is 48.5 Å². The predicted octanol–water partition coefficient (Wildman–Crippen LogP) is 3.89. The first-order chi connectivity index (χ1) is 7.81. The van der Waals surface area contributed by atoms with Crippen LogP contribution in [0.2, 0.25) is 0 Å². The summed E-state index contributed by atoms with van der Waals surface area (Å²) in [6.45, 7) is 2.31. The van der Waals surface area contributed by atoms with Gasteiger partial charge in [-0.15, -0.1) is 0 Å². The Bertz CT molecular complexity index is 465. The molecule has 2 aromatic rings. The fourth-order valence-corrected chi connectivity index (χ4v) is 1.58. The minimum Gasteiger partial charge on any atom is -0.491 e. The minimum absolute atomic E-state index is 0.308. The van der Waals surface area contributed by atoms with E-state index in [1.807, 2.05) is 43.3 Å². The van der Waals surface area contributed by atoms with Crippen LogP contribution in [0.5, 0.6) is 5.75 Å². The molecule has 2 aromatic carbocycles. The Morgan fingerprint density at radius 1 is 1.00 bits per heavy atom. The minimum atomic E-state index is -0.316. The Kier molecular flexibility index (Phi) is 3.20. The standard InChI is InChI=1S/C14H13FO/c1-2-16-14-9-8-12(10-13(14)15)11-6-4-3-5-7-11/h3-10H,2H2,1H3. The van der Waals surface area contributed by atoms with E-state index in [4.69, 9.17) is 4.74 Å². The second-order valence-electron chi connectivity index (χ2n) is 3.44. The first kappa shape index (κ1) is 10.7. The third-order valence-corrected chi connectivity index (χ3v) is 2.34. The molecule has 0 aromatic heterocycles. The lowest BCUT2D eigenvalue weighted by Gasteiger charge is -2.06. The van der Waals surface area contributed by atoms with Crippen molar-refractivity contribution in [2.45, 2.75) is 6.92 Å². The van der Waals surface area contributed by atoms with Crippen LogP contribution in [0.25, 0.3) is 11.1 Å². The highest BCUT2D eigenvalue weighted by molar-refractivity contribution is 5.64. The maximum atomic E-state index is 13.6. The van der Waals surface area contributed by atoms with Gasteiger partial charge in [0.25, 0.3) is 0 Å². The molecule has 0 atom stereocenters.